The highest BCUT2D eigenvalue weighted by atomic mass is 16.5. The first kappa shape index (κ1) is 36.8. The summed E-state index contributed by atoms with van der Waals surface area (Å²) in [4.78, 5) is 37.3. The Hall–Kier alpha value is -4.51. The number of hydrogen-bond acceptors (Lipinski definition) is 10. The number of hydrogen-bond donors (Lipinski definition) is 1. The number of methoxy groups -OCH3 is 2. The van der Waals surface area contributed by atoms with Crippen LogP contribution in [0.2, 0.25) is 0 Å². The minimum atomic E-state index is -2.03. The van der Waals surface area contributed by atoms with E-state index in [9.17, 15) is 14.7 Å². The van der Waals surface area contributed by atoms with Gasteiger partial charge in [0.2, 0.25) is 5.95 Å². The van der Waals surface area contributed by atoms with Crippen LogP contribution in [-0.2, 0) is 20.7 Å². The Kier molecular flexibility index (Phi) is 9.11. The van der Waals surface area contributed by atoms with E-state index in [1.165, 1.54) is 19.0 Å². The molecule has 8 rings (SSSR count). The van der Waals surface area contributed by atoms with Crippen LogP contribution < -0.4 is 14.2 Å². The summed E-state index contributed by atoms with van der Waals surface area (Å²) in [5.41, 5.74) is 1.41. The second-order valence-corrected chi connectivity index (χ2v) is 16.4. The highest BCUT2D eigenvalue weighted by molar-refractivity contribution is 6.14. The van der Waals surface area contributed by atoms with Crippen molar-refractivity contribution in [2.24, 2.45) is 28.7 Å². The zero-order valence-electron chi connectivity index (χ0n) is 32.6. The van der Waals surface area contributed by atoms with Gasteiger partial charge in [-0.05, 0) is 85.3 Å². The molecule has 3 aliphatic carbocycles. The maximum Gasteiger partial charge on any atom is 0.333 e. The summed E-state index contributed by atoms with van der Waals surface area (Å²) < 4.78 is 27.7. The summed E-state index contributed by atoms with van der Waals surface area (Å²) in [6, 6.07) is -0.506. The topological polar surface area (TPSA) is 134 Å². The molecule has 282 valence electrons. The van der Waals surface area contributed by atoms with Crippen LogP contribution in [0.15, 0.2) is 52.3 Å². The second-order valence-electron chi connectivity index (χ2n) is 16.4. The molecule has 1 N–H and O–H groups in total. The molecule has 0 radical (unpaired) electrons. The van der Waals surface area contributed by atoms with Crippen LogP contribution in [0.1, 0.15) is 104 Å². The van der Waals surface area contributed by atoms with Crippen LogP contribution >= 0.6 is 0 Å². The van der Waals surface area contributed by atoms with E-state index in [-0.39, 0.29) is 24.0 Å². The number of benzene rings is 1. The van der Waals surface area contributed by atoms with Gasteiger partial charge in [0.15, 0.2) is 17.0 Å². The Morgan fingerprint density at radius 3 is 2.49 bits per heavy atom. The highest BCUT2D eigenvalue weighted by Gasteiger charge is 2.79. The predicted octanol–water partition coefficient (Wildman–Crippen LogP) is 7.24. The van der Waals surface area contributed by atoms with Crippen molar-refractivity contribution < 1.29 is 33.6 Å². The van der Waals surface area contributed by atoms with Crippen LogP contribution in [-0.4, -0.2) is 68.4 Å². The van der Waals surface area contributed by atoms with Gasteiger partial charge in [0.25, 0.3) is 0 Å². The molecule has 1 aromatic heterocycles. The van der Waals surface area contributed by atoms with E-state index in [0.29, 0.717) is 52.9 Å². The fourth-order valence-corrected chi connectivity index (χ4v) is 9.58. The molecule has 7 unspecified atom stereocenters. The van der Waals surface area contributed by atoms with Crippen molar-refractivity contribution in [3.63, 3.8) is 0 Å². The number of ether oxygens (including phenoxy) is 4. The first-order valence-corrected chi connectivity index (χ1v) is 18.7. The molecule has 3 saturated carbocycles. The molecule has 11 heteroatoms. The maximum absolute atomic E-state index is 15.0. The average molecular weight is 725 g/mol. The van der Waals surface area contributed by atoms with Gasteiger partial charge in [-0.1, -0.05) is 43.2 Å². The minimum Gasteiger partial charge on any atom is -0.495 e. The number of allylic oxidation sites excluding steroid dienone is 4. The summed E-state index contributed by atoms with van der Waals surface area (Å²) in [5.74, 6) is -0.284. The Labute approximate surface area is 311 Å². The average Bonchev–Trinajstić information content (AvgIpc) is 3.59. The Morgan fingerprint density at radius 2 is 1.83 bits per heavy atom. The van der Waals surface area contributed by atoms with Crippen molar-refractivity contribution in [1.29, 1.82) is 0 Å². The molecule has 11 nitrogen and oxygen atoms in total. The quantitative estimate of drug-likeness (QED) is 0.153. The van der Waals surface area contributed by atoms with Gasteiger partial charge < -0.3 is 24.1 Å². The third-order valence-corrected chi connectivity index (χ3v) is 12.1. The van der Waals surface area contributed by atoms with Gasteiger partial charge in [-0.3, -0.25) is 4.79 Å². The summed E-state index contributed by atoms with van der Waals surface area (Å²) >= 11 is 0. The van der Waals surface area contributed by atoms with Crippen molar-refractivity contribution >= 4 is 29.5 Å². The van der Waals surface area contributed by atoms with Crippen molar-refractivity contribution in [1.82, 2.24) is 14.8 Å². The standard InChI is InChI=1S/C42H52N4O7/c1-22(2)12-11-17-40(8)18-16-27-34(52-40)26(14-13-23(3)4)36-30(35(27)50-9)32-31-33(46-39(45-32)43-21-44-46)28-20-29(24(5)6)42(31,53-36)41(49,37(28)47)19-15-25(7)38(48)51-10/h12-13,15-16,18,21,24,28-29,31,33,49H,11,14,17,19-20H2,1-10H3. The van der Waals surface area contributed by atoms with Gasteiger partial charge >= 0.3 is 5.97 Å². The van der Waals surface area contributed by atoms with E-state index in [1.54, 1.807) is 24.8 Å². The smallest absolute Gasteiger partial charge is 0.333 e. The lowest BCUT2D eigenvalue weighted by atomic mass is 9.43. The van der Waals surface area contributed by atoms with E-state index in [4.69, 9.17) is 23.9 Å². The Balaban J connectivity index is 1.55. The lowest BCUT2D eigenvalue weighted by molar-refractivity contribution is -0.247. The van der Waals surface area contributed by atoms with Crippen LogP contribution in [0, 0.1) is 23.7 Å². The molecule has 0 saturated heterocycles. The molecule has 2 aromatic rings. The van der Waals surface area contributed by atoms with E-state index >= 15 is 0 Å². The van der Waals surface area contributed by atoms with Crippen LogP contribution in [0.4, 0.5) is 5.95 Å². The van der Waals surface area contributed by atoms with Gasteiger partial charge in [-0.25, -0.2) is 14.5 Å². The normalized spacial score (nSPS) is 30.2. The van der Waals surface area contributed by atoms with Crippen LogP contribution in [0.25, 0.3) is 6.08 Å². The molecule has 1 aromatic carbocycles. The largest absolute Gasteiger partial charge is 0.495 e. The second kappa shape index (κ2) is 13.1. The first-order chi connectivity index (χ1) is 25.1. The summed E-state index contributed by atoms with van der Waals surface area (Å²) in [5, 5.41) is 17.8. The van der Waals surface area contributed by atoms with Crippen LogP contribution in [0.5, 0.6) is 17.2 Å². The number of aliphatic hydroxyl groups is 1. The molecule has 4 heterocycles. The van der Waals surface area contributed by atoms with E-state index in [2.05, 4.69) is 82.9 Å². The number of rotatable bonds is 10. The number of aliphatic imine (C=N–C) groups is 1. The number of carbonyl (C=O) groups is 2. The SMILES string of the molecule is COC(=O)C(C)=CCC1(O)C(=O)C2CC(C(C)C)C13Oc1c(CC=C(C)C)c4c(c(OC)c1C1=Nc5ncnn5C2C13)C=CC(C)(CCC=C(C)C)O4. The summed E-state index contributed by atoms with van der Waals surface area (Å²) in [6.07, 6.45) is 14.0. The molecule has 3 aliphatic heterocycles. The van der Waals surface area contributed by atoms with Gasteiger partial charge in [-0.15, -0.1) is 0 Å². The van der Waals surface area contributed by atoms with Gasteiger partial charge in [-0.2, -0.15) is 10.1 Å². The number of carbonyl (C=O) groups excluding carboxylic acids is 2. The fourth-order valence-electron chi connectivity index (χ4n) is 9.58. The monoisotopic (exact) mass is 724 g/mol. The Morgan fingerprint density at radius 1 is 1.09 bits per heavy atom. The fraction of sp³-hybridized carbons (Fsp3) is 0.548. The minimum absolute atomic E-state index is 0.00186. The zero-order chi connectivity index (χ0) is 38.2. The molecule has 0 amide bonds. The number of esters is 1. The van der Waals surface area contributed by atoms with E-state index in [1.807, 2.05) is 0 Å². The van der Waals surface area contributed by atoms with Crippen molar-refractivity contribution in [2.75, 3.05) is 14.2 Å². The van der Waals surface area contributed by atoms with Gasteiger partial charge in [0, 0.05) is 29.4 Å². The van der Waals surface area contributed by atoms with Crippen molar-refractivity contribution in [3.8, 4) is 17.2 Å². The number of aromatic nitrogens is 3. The van der Waals surface area contributed by atoms with Crippen molar-refractivity contribution in [2.45, 2.75) is 110 Å². The third kappa shape index (κ3) is 5.43. The molecule has 1 spiro atoms. The molecular weight excluding hydrogens is 672 g/mol. The highest BCUT2D eigenvalue weighted by Crippen LogP contribution is 2.68. The van der Waals surface area contributed by atoms with Crippen molar-refractivity contribution in [3.05, 3.63) is 64.0 Å². The number of fused-ring (bicyclic) bond motifs is 6. The lowest BCUT2D eigenvalue weighted by Gasteiger charge is -2.67. The Bertz CT molecular complexity index is 2030. The maximum atomic E-state index is 15.0. The van der Waals surface area contributed by atoms with Gasteiger partial charge in [0.05, 0.1) is 43.0 Å². The molecule has 7 atom stereocenters. The first-order valence-electron chi connectivity index (χ1n) is 18.7. The van der Waals surface area contributed by atoms with Gasteiger partial charge in [0.1, 0.15) is 29.2 Å². The van der Waals surface area contributed by atoms with E-state index < -0.39 is 40.7 Å². The molecule has 3 fully saturated rings. The number of nitrogens with zero attached hydrogens (tertiary/aromatic N) is 4. The zero-order valence-corrected chi connectivity index (χ0v) is 32.6. The third-order valence-electron chi connectivity index (χ3n) is 12.1. The molecular formula is C42H52N4O7. The predicted molar refractivity (Wildman–Crippen MR) is 202 cm³/mol. The molecule has 53 heavy (non-hydrogen) atoms. The van der Waals surface area contributed by atoms with E-state index in [0.717, 1.165) is 29.5 Å². The number of Topliss-reactive ketones (excluding diaryl/α,β-unsaturated/α-hetero) is 1. The summed E-state index contributed by atoms with van der Waals surface area (Å²) in [6.45, 7) is 16.2. The summed E-state index contributed by atoms with van der Waals surface area (Å²) in [7, 11) is 2.95. The number of ketones is 1. The van der Waals surface area contributed by atoms with Crippen LogP contribution in [0.3, 0.4) is 0 Å². The lowest BCUT2D eigenvalue weighted by Crippen LogP contribution is -2.82. The molecule has 6 aliphatic rings. The molecule has 2 bridgehead atoms.